The van der Waals surface area contributed by atoms with Crippen LogP contribution in [0.15, 0.2) is 97.3 Å². The first-order valence-corrected chi connectivity index (χ1v) is 16.2. The quantitative estimate of drug-likeness (QED) is 0.0958. The summed E-state index contributed by atoms with van der Waals surface area (Å²) in [4.78, 5) is 46.3. The highest BCUT2D eigenvalue weighted by Gasteiger charge is 2.23. The van der Waals surface area contributed by atoms with Crippen LogP contribution in [0.5, 0.6) is 5.75 Å². The highest BCUT2D eigenvalue weighted by atomic mass is 16.5. The molecule has 1 heterocycles. The number of unbranched alkanes of at least 4 members (excludes halogenated alkanes) is 1. The lowest BCUT2D eigenvalue weighted by molar-refractivity contribution is -0.137. The molecule has 0 saturated carbocycles. The Hall–Kier alpha value is -5.31. The minimum atomic E-state index is -1.02. The number of nitrogens with one attached hydrogen (secondary N) is 2. The first-order chi connectivity index (χ1) is 23.0. The standard InChI is InChI=1S/C39H44N4O5/c1-5-6-7-8-23-48-33-19-15-28(16-20-33)31-25-41-36(42-26-31)29-11-9-27(10-12-29)24-34(38(47)40-22-21-35(44)45)43-37(46)30-13-17-32(18-14-30)39(2,3)4/h5-6,9-20,25-26,34H,7-8,21-24H2,1-4H3,(H,40,47)(H,43,46)(H,44,45)/b6-5+/t34-/m0/s1. The van der Waals surface area contributed by atoms with Crippen molar-refractivity contribution in [3.05, 3.63) is 114 Å². The van der Waals surface area contributed by atoms with E-state index in [0.29, 0.717) is 18.0 Å². The van der Waals surface area contributed by atoms with Gasteiger partial charge in [-0.2, -0.15) is 0 Å². The summed E-state index contributed by atoms with van der Waals surface area (Å²) < 4.78 is 5.82. The SMILES string of the molecule is C/C=C/CCCOc1ccc(-c2cnc(-c3ccc(C[C@H](NC(=O)c4ccc(C(C)(C)C)cc4)C(=O)NCCC(=O)O)cc3)nc2)cc1. The molecule has 9 heteroatoms. The summed E-state index contributed by atoms with van der Waals surface area (Å²) in [5.41, 5.74) is 4.94. The second kappa shape index (κ2) is 17.0. The molecule has 250 valence electrons. The van der Waals surface area contributed by atoms with E-state index in [0.717, 1.165) is 46.4 Å². The number of carbonyl (C=O) groups is 3. The van der Waals surface area contributed by atoms with Crippen molar-refractivity contribution >= 4 is 17.8 Å². The van der Waals surface area contributed by atoms with E-state index in [1.54, 1.807) is 24.5 Å². The van der Waals surface area contributed by atoms with Gasteiger partial charge < -0.3 is 20.5 Å². The van der Waals surface area contributed by atoms with E-state index >= 15 is 0 Å². The molecule has 3 aromatic carbocycles. The summed E-state index contributed by atoms with van der Waals surface area (Å²) >= 11 is 0. The number of carbonyl (C=O) groups excluding carboxylic acids is 2. The van der Waals surface area contributed by atoms with Crippen LogP contribution in [-0.2, 0) is 21.4 Å². The second-order valence-electron chi connectivity index (χ2n) is 12.6. The van der Waals surface area contributed by atoms with Crippen molar-refractivity contribution in [3.8, 4) is 28.3 Å². The number of amides is 2. The van der Waals surface area contributed by atoms with Crippen LogP contribution < -0.4 is 15.4 Å². The number of hydrogen-bond acceptors (Lipinski definition) is 6. The Morgan fingerprint density at radius 2 is 1.52 bits per heavy atom. The first kappa shape index (κ1) is 35.5. The third-order valence-corrected chi connectivity index (χ3v) is 7.78. The van der Waals surface area contributed by atoms with Gasteiger partial charge in [-0.3, -0.25) is 14.4 Å². The van der Waals surface area contributed by atoms with E-state index in [1.807, 2.05) is 73.7 Å². The van der Waals surface area contributed by atoms with Crippen molar-refractivity contribution in [1.29, 1.82) is 0 Å². The van der Waals surface area contributed by atoms with Gasteiger partial charge in [-0.15, -0.1) is 0 Å². The van der Waals surface area contributed by atoms with Crippen LogP contribution in [0.1, 0.15) is 68.4 Å². The molecule has 9 nitrogen and oxygen atoms in total. The topological polar surface area (TPSA) is 131 Å². The highest BCUT2D eigenvalue weighted by Crippen LogP contribution is 2.24. The third-order valence-electron chi connectivity index (χ3n) is 7.78. The van der Waals surface area contributed by atoms with Crippen LogP contribution in [0.2, 0.25) is 0 Å². The zero-order valence-electron chi connectivity index (χ0n) is 28.0. The van der Waals surface area contributed by atoms with Crippen molar-refractivity contribution in [2.45, 2.75) is 64.8 Å². The molecule has 0 aliphatic carbocycles. The Morgan fingerprint density at radius 1 is 0.875 bits per heavy atom. The summed E-state index contributed by atoms with van der Waals surface area (Å²) in [6.45, 7) is 8.93. The van der Waals surface area contributed by atoms with Gasteiger partial charge >= 0.3 is 5.97 Å². The molecule has 0 bridgehead atoms. The molecule has 0 spiro atoms. The van der Waals surface area contributed by atoms with Crippen molar-refractivity contribution in [3.63, 3.8) is 0 Å². The fourth-order valence-electron chi connectivity index (χ4n) is 4.94. The van der Waals surface area contributed by atoms with Crippen LogP contribution in [-0.4, -0.2) is 52.1 Å². The van der Waals surface area contributed by atoms with Gasteiger partial charge in [0.1, 0.15) is 11.8 Å². The molecule has 1 aromatic heterocycles. The van der Waals surface area contributed by atoms with Crippen LogP contribution >= 0.6 is 0 Å². The fourth-order valence-corrected chi connectivity index (χ4v) is 4.94. The predicted octanol–water partition coefficient (Wildman–Crippen LogP) is 6.78. The Bertz CT molecular complexity index is 1680. The average molecular weight is 649 g/mol. The van der Waals surface area contributed by atoms with Gasteiger partial charge in [-0.25, -0.2) is 9.97 Å². The molecule has 4 rings (SSSR count). The number of aromatic nitrogens is 2. The summed E-state index contributed by atoms with van der Waals surface area (Å²) in [7, 11) is 0. The van der Waals surface area contributed by atoms with E-state index < -0.39 is 17.9 Å². The first-order valence-electron chi connectivity index (χ1n) is 16.2. The summed E-state index contributed by atoms with van der Waals surface area (Å²) in [6, 6.07) is 21.7. The smallest absolute Gasteiger partial charge is 0.305 e. The number of benzene rings is 3. The van der Waals surface area contributed by atoms with Crippen LogP contribution in [0.4, 0.5) is 0 Å². The number of hydrogen-bond donors (Lipinski definition) is 3. The Kier molecular flexibility index (Phi) is 12.6. The largest absolute Gasteiger partial charge is 0.494 e. The molecule has 0 aliphatic heterocycles. The second-order valence-corrected chi connectivity index (χ2v) is 12.6. The normalized spacial score (nSPS) is 12.0. The maximum absolute atomic E-state index is 13.1. The molecule has 0 unspecified atom stereocenters. The molecule has 3 N–H and O–H groups in total. The monoisotopic (exact) mass is 648 g/mol. The van der Waals surface area contributed by atoms with Gasteiger partial charge in [0, 0.05) is 42.0 Å². The lowest BCUT2D eigenvalue weighted by atomic mass is 9.86. The third kappa shape index (κ3) is 10.6. The molecule has 0 aliphatic rings. The molecule has 0 fully saturated rings. The Labute approximate surface area is 282 Å². The molecule has 1 atom stereocenters. The number of allylic oxidation sites excluding steroid dienone is 2. The molecule has 0 radical (unpaired) electrons. The lowest BCUT2D eigenvalue weighted by Gasteiger charge is -2.20. The van der Waals surface area contributed by atoms with Crippen molar-refractivity contribution in [1.82, 2.24) is 20.6 Å². The van der Waals surface area contributed by atoms with Gasteiger partial charge in [0.2, 0.25) is 5.91 Å². The van der Waals surface area contributed by atoms with E-state index in [-0.39, 0.29) is 30.7 Å². The fraction of sp³-hybridized carbons (Fsp3) is 0.308. The van der Waals surface area contributed by atoms with E-state index in [1.165, 1.54) is 0 Å². The maximum atomic E-state index is 13.1. The van der Waals surface area contributed by atoms with Crippen LogP contribution in [0.25, 0.3) is 22.5 Å². The number of nitrogens with zero attached hydrogens (tertiary/aromatic N) is 2. The van der Waals surface area contributed by atoms with Crippen molar-refractivity contribution in [2.75, 3.05) is 13.2 Å². The molecule has 0 saturated heterocycles. The number of ether oxygens (including phenoxy) is 1. The number of carboxylic acid groups (broad SMARTS) is 1. The lowest BCUT2D eigenvalue weighted by Crippen LogP contribution is -2.48. The highest BCUT2D eigenvalue weighted by molar-refractivity contribution is 5.97. The molecular weight excluding hydrogens is 604 g/mol. The summed E-state index contributed by atoms with van der Waals surface area (Å²) in [5, 5.41) is 14.4. The zero-order valence-corrected chi connectivity index (χ0v) is 28.0. The van der Waals surface area contributed by atoms with Crippen molar-refractivity contribution in [2.24, 2.45) is 0 Å². The van der Waals surface area contributed by atoms with Gasteiger partial charge in [-0.05, 0) is 66.1 Å². The number of rotatable bonds is 15. The molecular formula is C39H44N4O5. The molecule has 2 amide bonds. The van der Waals surface area contributed by atoms with E-state index in [2.05, 4.69) is 47.4 Å². The summed E-state index contributed by atoms with van der Waals surface area (Å²) in [5.74, 6) is -0.480. The van der Waals surface area contributed by atoms with E-state index in [9.17, 15) is 14.4 Å². The molecule has 4 aromatic rings. The van der Waals surface area contributed by atoms with E-state index in [4.69, 9.17) is 9.84 Å². The van der Waals surface area contributed by atoms with Crippen molar-refractivity contribution < 1.29 is 24.2 Å². The number of aliphatic carboxylic acids is 1. The predicted molar refractivity (Wildman–Crippen MR) is 188 cm³/mol. The minimum Gasteiger partial charge on any atom is -0.494 e. The van der Waals surface area contributed by atoms with Gasteiger partial charge in [-0.1, -0.05) is 81.5 Å². The van der Waals surface area contributed by atoms with Gasteiger partial charge in [0.15, 0.2) is 5.82 Å². The Balaban J connectivity index is 1.40. The van der Waals surface area contributed by atoms with Crippen LogP contribution in [0, 0.1) is 0 Å². The summed E-state index contributed by atoms with van der Waals surface area (Å²) in [6.07, 6.45) is 9.70. The molecule has 48 heavy (non-hydrogen) atoms. The van der Waals surface area contributed by atoms with Crippen LogP contribution in [0.3, 0.4) is 0 Å². The number of carboxylic acids is 1. The maximum Gasteiger partial charge on any atom is 0.305 e. The minimum absolute atomic E-state index is 0.0395. The Morgan fingerprint density at radius 3 is 2.12 bits per heavy atom. The average Bonchev–Trinajstić information content (AvgIpc) is 3.08. The van der Waals surface area contributed by atoms with Gasteiger partial charge in [0.05, 0.1) is 13.0 Å². The van der Waals surface area contributed by atoms with Gasteiger partial charge in [0.25, 0.3) is 5.91 Å². The zero-order chi connectivity index (χ0) is 34.5.